The van der Waals surface area contributed by atoms with Gasteiger partial charge in [0.1, 0.15) is 5.75 Å². The Hall–Kier alpha value is -3.46. The summed E-state index contributed by atoms with van der Waals surface area (Å²) >= 11 is 0.896. The fourth-order valence-electron chi connectivity index (χ4n) is 4.68. The summed E-state index contributed by atoms with van der Waals surface area (Å²) in [6.45, 7) is 0.521. The lowest BCUT2D eigenvalue weighted by Crippen LogP contribution is -2.37. The molecule has 1 fully saturated rings. The fraction of sp³-hybridized carbons (Fsp3) is 0.346. The Labute approximate surface area is 207 Å². The third-order valence-electron chi connectivity index (χ3n) is 6.45. The van der Waals surface area contributed by atoms with Gasteiger partial charge in [0.2, 0.25) is 12.7 Å². The van der Waals surface area contributed by atoms with Gasteiger partial charge in [-0.05, 0) is 84.0 Å². The Kier molecular flexibility index (Phi) is 6.68. The molecule has 1 atom stereocenters. The number of methoxy groups -OCH3 is 1. The van der Waals surface area contributed by atoms with Gasteiger partial charge in [0.15, 0.2) is 11.5 Å². The number of rotatable bonds is 7. The molecule has 2 heterocycles. The van der Waals surface area contributed by atoms with Crippen LogP contribution in [0.1, 0.15) is 41.9 Å². The molecule has 2 aromatic rings. The summed E-state index contributed by atoms with van der Waals surface area (Å²) in [5.74, 6) is 1.82. The third kappa shape index (κ3) is 5.00. The minimum atomic E-state index is -0.359. The Morgan fingerprint density at radius 1 is 1.20 bits per heavy atom. The van der Waals surface area contributed by atoms with Crippen molar-refractivity contribution in [2.24, 2.45) is 0 Å². The lowest BCUT2D eigenvalue weighted by molar-refractivity contribution is -0.124. The molecule has 1 saturated heterocycles. The Balaban J connectivity index is 1.15. The van der Waals surface area contributed by atoms with E-state index in [9.17, 15) is 14.4 Å². The molecule has 3 amide bonds. The number of nitrogens with one attached hydrogen (secondary N) is 1. The second-order valence-corrected chi connectivity index (χ2v) is 9.65. The zero-order valence-electron chi connectivity index (χ0n) is 19.4. The van der Waals surface area contributed by atoms with E-state index >= 15 is 0 Å². The van der Waals surface area contributed by atoms with Crippen molar-refractivity contribution in [2.75, 3.05) is 27.0 Å². The maximum atomic E-state index is 12.8. The van der Waals surface area contributed by atoms with E-state index in [0.717, 1.165) is 42.3 Å². The normalized spacial score (nSPS) is 19.7. The van der Waals surface area contributed by atoms with Gasteiger partial charge in [-0.2, -0.15) is 0 Å². The standard InChI is InChI=1S/C26H26N2O6S/c1-32-19-6-7-20-17(13-19)3-2-4-18(20)14-24(29)27-9-10-28-25(30)23(35-26(28)31)12-16-5-8-21-22(11-16)34-15-33-21/h5-8,11-13,18H,2-4,9-10,14-15H2,1H3,(H,27,29)/b23-12+. The molecule has 2 aromatic carbocycles. The second kappa shape index (κ2) is 10.0. The van der Waals surface area contributed by atoms with Gasteiger partial charge < -0.3 is 19.5 Å². The van der Waals surface area contributed by atoms with Crippen LogP contribution < -0.4 is 19.5 Å². The predicted molar refractivity (Wildman–Crippen MR) is 132 cm³/mol. The number of hydrogen-bond donors (Lipinski definition) is 1. The highest BCUT2D eigenvalue weighted by molar-refractivity contribution is 8.18. The number of fused-ring (bicyclic) bond motifs is 2. The molecule has 1 unspecified atom stereocenters. The van der Waals surface area contributed by atoms with Crippen LogP contribution in [0.25, 0.3) is 6.08 Å². The summed E-state index contributed by atoms with van der Waals surface area (Å²) in [4.78, 5) is 39.3. The van der Waals surface area contributed by atoms with E-state index in [1.54, 1.807) is 31.4 Å². The number of carbonyl (C=O) groups excluding carboxylic acids is 3. The molecule has 9 heteroatoms. The van der Waals surface area contributed by atoms with Crippen molar-refractivity contribution in [3.63, 3.8) is 0 Å². The molecule has 3 aliphatic rings. The molecule has 0 radical (unpaired) electrons. The first-order valence-electron chi connectivity index (χ1n) is 11.6. The van der Waals surface area contributed by atoms with E-state index in [4.69, 9.17) is 14.2 Å². The topological polar surface area (TPSA) is 94.2 Å². The fourth-order valence-corrected chi connectivity index (χ4v) is 5.55. The highest BCUT2D eigenvalue weighted by Crippen LogP contribution is 2.37. The maximum absolute atomic E-state index is 12.8. The second-order valence-electron chi connectivity index (χ2n) is 8.65. The summed E-state index contributed by atoms with van der Waals surface area (Å²) < 4.78 is 16.0. The molecule has 0 bridgehead atoms. The van der Waals surface area contributed by atoms with E-state index in [1.807, 2.05) is 6.07 Å². The number of imide groups is 1. The Bertz CT molecular complexity index is 1210. The highest BCUT2D eigenvalue weighted by atomic mass is 32.2. The molecule has 182 valence electrons. The van der Waals surface area contributed by atoms with E-state index in [0.29, 0.717) is 22.8 Å². The summed E-state index contributed by atoms with van der Waals surface area (Å²) in [7, 11) is 1.65. The average Bonchev–Trinajstić information content (AvgIpc) is 3.43. The summed E-state index contributed by atoms with van der Waals surface area (Å²) in [6.07, 6.45) is 5.03. The lowest BCUT2D eigenvalue weighted by atomic mass is 9.81. The number of thioether (sulfide) groups is 1. The first-order chi connectivity index (χ1) is 17.0. The average molecular weight is 495 g/mol. The van der Waals surface area contributed by atoms with Crippen molar-refractivity contribution in [1.29, 1.82) is 0 Å². The number of aryl methyl sites for hydroxylation is 1. The van der Waals surface area contributed by atoms with Crippen molar-refractivity contribution in [3.8, 4) is 17.2 Å². The Morgan fingerprint density at radius 2 is 2.06 bits per heavy atom. The molecule has 8 nitrogen and oxygen atoms in total. The largest absolute Gasteiger partial charge is 0.497 e. The van der Waals surface area contributed by atoms with Crippen molar-refractivity contribution < 1.29 is 28.6 Å². The summed E-state index contributed by atoms with van der Waals surface area (Å²) in [6, 6.07) is 11.4. The number of nitrogens with zero attached hydrogens (tertiary/aromatic N) is 1. The van der Waals surface area contributed by atoms with Crippen LogP contribution in [0.5, 0.6) is 17.2 Å². The number of ether oxygens (including phenoxy) is 3. The first kappa shape index (κ1) is 23.3. The number of benzene rings is 2. The van der Waals surface area contributed by atoms with Crippen molar-refractivity contribution >= 4 is 34.9 Å². The number of hydrogen-bond acceptors (Lipinski definition) is 7. The molecule has 0 spiro atoms. The van der Waals surface area contributed by atoms with Crippen LogP contribution in [0, 0.1) is 0 Å². The summed E-state index contributed by atoms with van der Waals surface area (Å²) in [5, 5.41) is 2.53. The van der Waals surface area contributed by atoms with Gasteiger partial charge in [0.25, 0.3) is 11.1 Å². The third-order valence-corrected chi connectivity index (χ3v) is 7.35. The molecule has 1 aliphatic carbocycles. The van der Waals surface area contributed by atoms with Gasteiger partial charge in [0.05, 0.1) is 12.0 Å². The quantitative estimate of drug-likeness (QED) is 0.580. The molecular weight excluding hydrogens is 468 g/mol. The van der Waals surface area contributed by atoms with E-state index in [-0.39, 0.29) is 42.9 Å². The molecule has 0 saturated carbocycles. The smallest absolute Gasteiger partial charge is 0.293 e. The zero-order valence-corrected chi connectivity index (χ0v) is 20.2. The highest BCUT2D eigenvalue weighted by Gasteiger charge is 2.35. The molecule has 0 aromatic heterocycles. The molecule has 5 rings (SSSR count). The zero-order chi connectivity index (χ0) is 24.4. The van der Waals surface area contributed by atoms with E-state index < -0.39 is 0 Å². The number of carbonyl (C=O) groups is 3. The van der Waals surface area contributed by atoms with Crippen LogP contribution in [0.15, 0.2) is 41.3 Å². The van der Waals surface area contributed by atoms with Crippen LogP contribution >= 0.6 is 11.8 Å². The maximum Gasteiger partial charge on any atom is 0.293 e. The van der Waals surface area contributed by atoms with Crippen LogP contribution in [-0.4, -0.2) is 48.9 Å². The van der Waals surface area contributed by atoms with E-state index in [2.05, 4.69) is 17.4 Å². The van der Waals surface area contributed by atoms with Gasteiger partial charge in [-0.3, -0.25) is 19.3 Å². The van der Waals surface area contributed by atoms with Crippen molar-refractivity contribution in [3.05, 3.63) is 58.0 Å². The predicted octanol–water partition coefficient (Wildman–Crippen LogP) is 4.09. The van der Waals surface area contributed by atoms with Crippen LogP contribution in [-0.2, 0) is 16.0 Å². The van der Waals surface area contributed by atoms with Gasteiger partial charge in [-0.25, -0.2) is 0 Å². The summed E-state index contributed by atoms with van der Waals surface area (Å²) in [5.41, 5.74) is 3.19. The Morgan fingerprint density at radius 3 is 2.91 bits per heavy atom. The van der Waals surface area contributed by atoms with Crippen LogP contribution in [0.4, 0.5) is 4.79 Å². The first-order valence-corrected chi connectivity index (χ1v) is 12.4. The van der Waals surface area contributed by atoms with Gasteiger partial charge in [-0.15, -0.1) is 0 Å². The van der Waals surface area contributed by atoms with Gasteiger partial charge in [-0.1, -0.05) is 12.1 Å². The molecule has 1 N–H and O–H groups in total. The SMILES string of the molecule is COc1ccc2c(c1)CCCC2CC(=O)NCCN1C(=O)S/C(=C/c2ccc3c(c2)OCO3)C1=O. The van der Waals surface area contributed by atoms with Crippen LogP contribution in [0.3, 0.4) is 0 Å². The van der Waals surface area contributed by atoms with Gasteiger partial charge in [0, 0.05) is 19.5 Å². The molecule has 2 aliphatic heterocycles. The van der Waals surface area contributed by atoms with Crippen molar-refractivity contribution in [2.45, 2.75) is 31.6 Å². The minimum absolute atomic E-state index is 0.0819. The minimum Gasteiger partial charge on any atom is -0.497 e. The molecule has 35 heavy (non-hydrogen) atoms. The van der Waals surface area contributed by atoms with E-state index in [1.165, 1.54) is 16.0 Å². The van der Waals surface area contributed by atoms with Crippen molar-refractivity contribution in [1.82, 2.24) is 10.2 Å². The van der Waals surface area contributed by atoms with Crippen LogP contribution in [0.2, 0.25) is 0 Å². The molecular formula is C26H26N2O6S. The monoisotopic (exact) mass is 494 g/mol. The number of amides is 3. The van der Waals surface area contributed by atoms with Gasteiger partial charge >= 0.3 is 0 Å². The lowest BCUT2D eigenvalue weighted by Gasteiger charge is -2.25.